The average molecular weight is 364 g/mol. The first-order valence-corrected chi connectivity index (χ1v) is 11.5. The van der Waals surface area contributed by atoms with Crippen molar-refractivity contribution in [3.05, 3.63) is 0 Å². The van der Waals surface area contributed by atoms with Gasteiger partial charge in [-0.3, -0.25) is 0 Å². The number of rotatable bonds is 10. The minimum Gasteiger partial charge on any atom is -0.444 e. The largest absolute Gasteiger partial charge is 0.444 e. The molecule has 0 aliphatic rings. The predicted octanol–water partition coefficient (Wildman–Crippen LogP) is 3.57. The molecule has 24 heavy (non-hydrogen) atoms. The van der Waals surface area contributed by atoms with E-state index in [1.807, 2.05) is 20.8 Å². The predicted molar refractivity (Wildman–Crippen MR) is 99.0 cm³/mol. The quantitative estimate of drug-likeness (QED) is 0.475. The zero-order valence-corrected chi connectivity index (χ0v) is 17.8. The van der Waals surface area contributed by atoms with Crippen LogP contribution in [0.15, 0.2) is 0 Å². The van der Waals surface area contributed by atoms with Crippen LogP contribution in [-0.4, -0.2) is 59.6 Å². The van der Waals surface area contributed by atoms with Crippen LogP contribution in [0.5, 0.6) is 0 Å². The van der Waals surface area contributed by atoms with Crippen LogP contribution in [0.2, 0.25) is 18.1 Å². The lowest BCUT2D eigenvalue weighted by molar-refractivity contribution is 0.0315. The zero-order valence-electron chi connectivity index (χ0n) is 16.8. The van der Waals surface area contributed by atoms with Gasteiger partial charge in [-0.2, -0.15) is 0 Å². The number of ether oxygens (including phenoxy) is 3. The van der Waals surface area contributed by atoms with Crippen molar-refractivity contribution in [2.24, 2.45) is 0 Å². The molecule has 0 bridgehead atoms. The van der Waals surface area contributed by atoms with Gasteiger partial charge in [0, 0.05) is 6.54 Å². The summed E-state index contributed by atoms with van der Waals surface area (Å²) in [6.45, 7) is 19.7. The van der Waals surface area contributed by atoms with Crippen molar-refractivity contribution >= 4 is 14.4 Å². The molecule has 0 aromatic carbocycles. The molecule has 0 fully saturated rings. The molecular weight excluding hydrogens is 326 g/mol. The normalized spacial score (nSPS) is 13.0. The van der Waals surface area contributed by atoms with Crippen LogP contribution in [0.25, 0.3) is 0 Å². The fourth-order valence-electron chi connectivity index (χ4n) is 1.43. The number of hydrogen-bond acceptors (Lipinski definition) is 5. The van der Waals surface area contributed by atoms with Crippen molar-refractivity contribution in [2.75, 3.05) is 39.6 Å². The molecule has 7 heteroatoms. The topological polar surface area (TPSA) is 66.0 Å². The third-order valence-corrected chi connectivity index (χ3v) is 8.32. The SMILES string of the molecule is CC(C)(C)OC(=O)NCCOCCOCCO[Si](C)(C)C(C)(C)C. The van der Waals surface area contributed by atoms with E-state index in [2.05, 4.69) is 39.2 Å². The Bertz CT molecular complexity index is 361. The van der Waals surface area contributed by atoms with E-state index in [1.165, 1.54) is 0 Å². The number of carbonyl (C=O) groups excluding carboxylic acids is 1. The van der Waals surface area contributed by atoms with Crippen molar-refractivity contribution in [1.82, 2.24) is 5.32 Å². The lowest BCUT2D eigenvalue weighted by Crippen LogP contribution is -2.41. The second-order valence-corrected chi connectivity index (χ2v) is 13.1. The van der Waals surface area contributed by atoms with Crippen molar-refractivity contribution < 1.29 is 23.4 Å². The van der Waals surface area contributed by atoms with Gasteiger partial charge in [0.1, 0.15) is 5.60 Å². The lowest BCUT2D eigenvalue weighted by Gasteiger charge is -2.36. The van der Waals surface area contributed by atoms with E-state index >= 15 is 0 Å². The second-order valence-electron chi connectivity index (χ2n) is 8.26. The summed E-state index contributed by atoms with van der Waals surface area (Å²) in [5, 5.41) is 2.86. The number of nitrogens with one attached hydrogen (secondary N) is 1. The first-order valence-electron chi connectivity index (χ1n) is 8.61. The third-order valence-electron chi connectivity index (χ3n) is 3.78. The summed E-state index contributed by atoms with van der Waals surface area (Å²) in [6.07, 6.45) is -0.426. The number of carbonyl (C=O) groups is 1. The van der Waals surface area contributed by atoms with E-state index in [0.717, 1.165) is 0 Å². The van der Waals surface area contributed by atoms with Crippen LogP contribution in [-0.2, 0) is 18.6 Å². The summed E-state index contributed by atoms with van der Waals surface area (Å²) in [4.78, 5) is 11.4. The van der Waals surface area contributed by atoms with E-state index in [0.29, 0.717) is 39.6 Å². The molecule has 144 valence electrons. The molecule has 0 heterocycles. The highest BCUT2D eigenvalue weighted by Gasteiger charge is 2.36. The van der Waals surface area contributed by atoms with Gasteiger partial charge in [-0.05, 0) is 38.9 Å². The summed E-state index contributed by atoms with van der Waals surface area (Å²) < 4.78 is 22.0. The van der Waals surface area contributed by atoms with Crippen LogP contribution in [0.3, 0.4) is 0 Å². The van der Waals surface area contributed by atoms with Crippen molar-refractivity contribution in [2.45, 2.75) is 65.3 Å². The highest BCUT2D eigenvalue weighted by atomic mass is 28.4. The minimum atomic E-state index is -1.68. The maximum atomic E-state index is 11.4. The fourth-order valence-corrected chi connectivity index (χ4v) is 2.46. The van der Waals surface area contributed by atoms with Gasteiger partial charge in [-0.1, -0.05) is 20.8 Å². The molecule has 0 radical (unpaired) electrons. The maximum absolute atomic E-state index is 11.4. The molecule has 6 nitrogen and oxygen atoms in total. The molecule has 0 saturated heterocycles. The van der Waals surface area contributed by atoms with Crippen molar-refractivity contribution in [3.8, 4) is 0 Å². The summed E-state index contributed by atoms with van der Waals surface area (Å²) in [5.74, 6) is 0. The van der Waals surface area contributed by atoms with E-state index in [9.17, 15) is 4.79 Å². The molecular formula is C17H37NO5Si. The molecule has 0 aromatic rings. The molecule has 0 saturated carbocycles. The monoisotopic (exact) mass is 363 g/mol. The van der Waals surface area contributed by atoms with Gasteiger partial charge < -0.3 is 24.0 Å². The Hall–Kier alpha value is -0.633. The van der Waals surface area contributed by atoms with Crippen LogP contribution in [0.4, 0.5) is 4.79 Å². The zero-order chi connectivity index (χ0) is 18.9. The van der Waals surface area contributed by atoms with Crippen LogP contribution < -0.4 is 5.32 Å². The van der Waals surface area contributed by atoms with E-state index in [4.69, 9.17) is 18.6 Å². The van der Waals surface area contributed by atoms with Crippen LogP contribution in [0.1, 0.15) is 41.5 Å². The number of hydrogen-bond donors (Lipinski definition) is 1. The summed E-state index contributed by atoms with van der Waals surface area (Å²) >= 11 is 0. The van der Waals surface area contributed by atoms with Gasteiger partial charge in [-0.25, -0.2) is 4.79 Å². The highest BCUT2D eigenvalue weighted by molar-refractivity contribution is 6.74. The Morgan fingerprint density at radius 3 is 1.88 bits per heavy atom. The van der Waals surface area contributed by atoms with E-state index in [-0.39, 0.29) is 5.04 Å². The summed E-state index contributed by atoms with van der Waals surface area (Å²) in [5.41, 5.74) is -0.481. The standard InChI is InChI=1S/C17H37NO5Si/c1-16(2,3)23-15(19)18-9-10-20-11-12-21-13-14-22-24(7,8)17(4,5)6/h9-14H2,1-8H3,(H,18,19). The van der Waals surface area contributed by atoms with Crippen LogP contribution in [0, 0.1) is 0 Å². The van der Waals surface area contributed by atoms with Crippen molar-refractivity contribution in [3.63, 3.8) is 0 Å². The summed E-state index contributed by atoms with van der Waals surface area (Å²) in [7, 11) is -1.68. The van der Waals surface area contributed by atoms with Gasteiger partial charge in [0.15, 0.2) is 8.32 Å². The molecule has 0 spiro atoms. The molecule has 0 atom stereocenters. The van der Waals surface area contributed by atoms with Gasteiger partial charge in [0.05, 0.1) is 33.0 Å². The first kappa shape index (κ1) is 23.4. The molecule has 0 aliphatic carbocycles. The van der Waals surface area contributed by atoms with Crippen LogP contribution >= 0.6 is 0 Å². The van der Waals surface area contributed by atoms with E-state index < -0.39 is 20.0 Å². The Labute approximate surface area is 148 Å². The maximum Gasteiger partial charge on any atom is 0.407 e. The molecule has 0 rings (SSSR count). The van der Waals surface area contributed by atoms with Crippen molar-refractivity contribution in [1.29, 1.82) is 0 Å². The molecule has 0 unspecified atom stereocenters. The minimum absolute atomic E-state index is 0.219. The average Bonchev–Trinajstić information content (AvgIpc) is 2.37. The lowest BCUT2D eigenvalue weighted by atomic mass is 10.2. The second kappa shape index (κ2) is 10.4. The van der Waals surface area contributed by atoms with Gasteiger partial charge in [0.2, 0.25) is 0 Å². The third kappa shape index (κ3) is 11.8. The van der Waals surface area contributed by atoms with Gasteiger partial charge in [-0.15, -0.1) is 0 Å². The molecule has 0 aliphatic heterocycles. The highest BCUT2D eigenvalue weighted by Crippen LogP contribution is 2.36. The first-order chi connectivity index (χ1) is 10.9. The smallest absolute Gasteiger partial charge is 0.407 e. The fraction of sp³-hybridized carbons (Fsp3) is 0.941. The number of alkyl carbamates (subject to hydrolysis) is 1. The summed E-state index contributed by atoms with van der Waals surface area (Å²) in [6, 6.07) is 0. The Balaban J connectivity index is 3.48. The number of amides is 1. The molecule has 1 amide bonds. The Morgan fingerprint density at radius 2 is 1.38 bits per heavy atom. The molecule has 0 aromatic heterocycles. The van der Waals surface area contributed by atoms with Gasteiger partial charge in [0.25, 0.3) is 0 Å². The van der Waals surface area contributed by atoms with Gasteiger partial charge >= 0.3 is 6.09 Å². The Kier molecular flexibility index (Phi) is 10.1. The Morgan fingerprint density at radius 1 is 0.875 bits per heavy atom. The van der Waals surface area contributed by atoms with E-state index in [1.54, 1.807) is 0 Å². The molecule has 1 N–H and O–H groups in total.